The zero-order chi connectivity index (χ0) is 13.7. The van der Waals surface area contributed by atoms with E-state index >= 15 is 0 Å². The van der Waals surface area contributed by atoms with Crippen molar-refractivity contribution in [3.05, 3.63) is 35.1 Å². The van der Waals surface area contributed by atoms with E-state index in [0.29, 0.717) is 0 Å². The number of carboxylic acids is 1. The summed E-state index contributed by atoms with van der Waals surface area (Å²) >= 11 is 0. The molecule has 1 aromatic rings. The molecule has 1 N–H and O–H groups in total. The van der Waals surface area contributed by atoms with Crippen molar-refractivity contribution in [2.75, 3.05) is 5.75 Å². The molecule has 18 heavy (non-hydrogen) atoms. The number of benzene rings is 1. The number of rotatable bonds is 5. The van der Waals surface area contributed by atoms with Crippen molar-refractivity contribution in [1.82, 2.24) is 0 Å². The number of hydrogen-bond donors (Lipinski definition) is 1. The molecule has 2 atom stereocenters. The van der Waals surface area contributed by atoms with Crippen LogP contribution in [0, 0.1) is 23.1 Å². The SMILES string of the molecule is CC(CS(=O)Cc1ccc(C#N)cc1F)C(=O)O. The van der Waals surface area contributed by atoms with Gasteiger partial charge in [-0.2, -0.15) is 5.26 Å². The summed E-state index contributed by atoms with van der Waals surface area (Å²) < 4.78 is 25.1. The Balaban J connectivity index is 2.71. The van der Waals surface area contributed by atoms with Gasteiger partial charge in [0.05, 0.1) is 23.3 Å². The third-order valence-corrected chi connectivity index (χ3v) is 3.86. The normalized spacial score (nSPS) is 13.6. The Kier molecular flexibility index (Phi) is 4.98. The van der Waals surface area contributed by atoms with E-state index in [1.165, 1.54) is 19.1 Å². The molecule has 0 saturated carbocycles. The molecule has 0 aliphatic rings. The molecule has 0 heterocycles. The second-order valence-corrected chi connectivity index (χ2v) is 5.41. The third-order valence-electron chi connectivity index (χ3n) is 2.36. The number of nitriles is 1. The van der Waals surface area contributed by atoms with E-state index in [1.54, 1.807) is 6.07 Å². The van der Waals surface area contributed by atoms with Crippen LogP contribution in [0.3, 0.4) is 0 Å². The Hall–Kier alpha value is -1.74. The van der Waals surface area contributed by atoms with Gasteiger partial charge in [-0.1, -0.05) is 13.0 Å². The van der Waals surface area contributed by atoms with Gasteiger partial charge in [-0.3, -0.25) is 9.00 Å². The number of nitrogens with zero attached hydrogens (tertiary/aromatic N) is 1. The Bertz CT molecular complexity index is 525. The highest BCUT2D eigenvalue weighted by atomic mass is 32.2. The molecule has 0 aliphatic carbocycles. The molecule has 2 unspecified atom stereocenters. The van der Waals surface area contributed by atoms with Gasteiger partial charge in [0, 0.05) is 22.1 Å². The van der Waals surface area contributed by atoms with E-state index in [4.69, 9.17) is 10.4 Å². The van der Waals surface area contributed by atoms with E-state index in [0.717, 1.165) is 6.07 Å². The molecule has 0 aliphatic heterocycles. The number of hydrogen-bond acceptors (Lipinski definition) is 3. The summed E-state index contributed by atoms with van der Waals surface area (Å²) in [6, 6.07) is 5.72. The summed E-state index contributed by atoms with van der Waals surface area (Å²) in [6.07, 6.45) is 0. The summed E-state index contributed by atoms with van der Waals surface area (Å²) in [5, 5.41) is 17.2. The first-order valence-corrected chi connectivity index (χ1v) is 6.69. The lowest BCUT2D eigenvalue weighted by atomic mass is 10.1. The molecular weight excluding hydrogens is 257 g/mol. The lowest BCUT2D eigenvalue weighted by molar-refractivity contribution is -0.140. The van der Waals surface area contributed by atoms with E-state index in [1.807, 2.05) is 0 Å². The second-order valence-electron chi connectivity index (χ2n) is 3.91. The van der Waals surface area contributed by atoms with Gasteiger partial charge >= 0.3 is 5.97 Å². The zero-order valence-electron chi connectivity index (χ0n) is 9.72. The predicted octanol–water partition coefficient (Wildman–Crippen LogP) is 1.67. The van der Waals surface area contributed by atoms with Crippen LogP contribution in [0.25, 0.3) is 0 Å². The first kappa shape index (κ1) is 14.3. The van der Waals surface area contributed by atoms with Gasteiger partial charge in [-0.05, 0) is 12.1 Å². The Morgan fingerprint density at radius 2 is 2.28 bits per heavy atom. The van der Waals surface area contributed by atoms with Crippen molar-refractivity contribution in [3.63, 3.8) is 0 Å². The van der Waals surface area contributed by atoms with Gasteiger partial charge in [0.2, 0.25) is 0 Å². The third kappa shape index (κ3) is 3.93. The Morgan fingerprint density at radius 1 is 1.61 bits per heavy atom. The summed E-state index contributed by atoms with van der Waals surface area (Å²) in [6.45, 7) is 1.45. The van der Waals surface area contributed by atoms with Gasteiger partial charge in [-0.15, -0.1) is 0 Å². The van der Waals surface area contributed by atoms with Crippen LogP contribution in [0.1, 0.15) is 18.1 Å². The number of carboxylic acid groups (broad SMARTS) is 1. The first-order chi connectivity index (χ1) is 8.43. The molecule has 0 fully saturated rings. The summed E-state index contributed by atoms with van der Waals surface area (Å²) in [4.78, 5) is 10.6. The first-order valence-electron chi connectivity index (χ1n) is 5.20. The number of halogens is 1. The quantitative estimate of drug-likeness (QED) is 0.881. The number of aliphatic carboxylic acids is 1. The van der Waals surface area contributed by atoms with Crippen molar-refractivity contribution in [2.24, 2.45) is 5.92 Å². The van der Waals surface area contributed by atoms with Crippen LogP contribution in [-0.2, 0) is 21.3 Å². The highest BCUT2D eigenvalue weighted by Gasteiger charge is 2.16. The predicted molar refractivity (Wildman–Crippen MR) is 64.6 cm³/mol. The van der Waals surface area contributed by atoms with Gasteiger partial charge in [-0.25, -0.2) is 4.39 Å². The largest absolute Gasteiger partial charge is 0.481 e. The van der Waals surface area contributed by atoms with Gasteiger partial charge in [0.25, 0.3) is 0 Å². The molecule has 0 aromatic heterocycles. The fourth-order valence-electron chi connectivity index (χ4n) is 1.32. The highest BCUT2D eigenvalue weighted by Crippen LogP contribution is 2.13. The summed E-state index contributed by atoms with van der Waals surface area (Å²) in [5.74, 6) is -2.41. The van der Waals surface area contributed by atoms with E-state index < -0.39 is 28.5 Å². The van der Waals surface area contributed by atoms with Crippen molar-refractivity contribution in [2.45, 2.75) is 12.7 Å². The van der Waals surface area contributed by atoms with E-state index in [2.05, 4.69) is 0 Å². The van der Waals surface area contributed by atoms with Gasteiger partial charge < -0.3 is 5.11 Å². The maximum absolute atomic E-state index is 13.5. The van der Waals surface area contributed by atoms with E-state index in [9.17, 15) is 13.4 Å². The Morgan fingerprint density at radius 3 is 2.78 bits per heavy atom. The molecule has 0 bridgehead atoms. The lowest BCUT2D eigenvalue weighted by Gasteiger charge is -2.07. The minimum atomic E-state index is -1.44. The molecule has 1 aromatic carbocycles. The van der Waals surface area contributed by atoms with Crippen LogP contribution in [-0.4, -0.2) is 21.0 Å². The molecule has 1 rings (SSSR count). The fourth-order valence-corrected chi connectivity index (χ4v) is 2.72. The van der Waals surface area contributed by atoms with Crippen molar-refractivity contribution >= 4 is 16.8 Å². The van der Waals surface area contributed by atoms with Crippen LogP contribution >= 0.6 is 0 Å². The molecule has 6 heteroatoms. The lowest BCUT2D eigenvalue weighted by Crippen LogP contribution is -2.18. The summed E-state index contributed by atoms with van der Waals surface area (Å²) in [7, 11) is -1.44. The topological polar surface area (TPSA) is 78.2 Å². The van der Waals surface area contributed by atoms with Gasteiger partial charge in [0.15, 0.2) is 0 Å². The van der Waals surface area contributed by atoms with Crippen LogP contribution in [0.5, 0.6) is 0 Å². The maximum atomic E-state index is 13.5. The second kappa shape index (κ2) is 6.26. The van der Waals surface area contributed by atoms with Crippen LogP contribution in [0.2, 0.25) is 0 Å². The molecule has 0 radical (unpaired) electrons. The smallest absolute Gasteiger partial charge is 0.307 e. The minimum absolute atomic E-state index is 0.0191. The average Bonchev–Trinajstić information content (AvgIpc) is 2.31. The maximum Gasteiger partial charge on any atom is 0.307 e. The molecule has 0 amide bonds. The Labute approximate surface area is 107 Å². The van der Waals surface area contributed by atoms with Crippen LogP contribution in [0.4, 0.5) is 4.39 Å². The van der Waals surface area contributed by atoms with Crippen molar-refractivity contribution in [3.8, 4) is 6.07 Å². The zero-order valence-corrected chi connectivity index (χ0v) is 10.5. The van der Waals surface area contributed by atoms with Crippen LogP contribution in [0.15, 0.2) is 18.2 Å². The van der Waals surface area contributed by atoms with Crippen molar-refractivity contribution < 1.29 is 18.5 Å². The molecule has 96 valence electrons. The number of carbonyl (C=O) groups is 1. The average molecular weight is 269 g/mol. The standard InChI is InChI=1S/C12H12FNO3S/c1-8(12(15)16)6-18(17)7-10-3-2-9(5-14)4-11(10)13/h2-4,8H,6-7H2,1H3,(H,15,16). The monoisotopic (exact) mass is 269 g/mol. The highest BCUT2D eigenvalue weighted by molar-refractivity contribution is 7.84. The van der Waals surface area contributed by atoms with Crippen molar-refractivity contribution in [1.29, 1.82) is 5.26 Å². The fraction of sp³-hybridized carbons (Fsp3) is 0.333. The van der Waals surface area contributed by atoms with Crippen LogP contribution < -0.4 is 0 Å². The molecule has 0 saturated heterocycles. The summed E-state index contributed by atoms with van der Waals surface area (Å²) in [5.41, 5.74) is 0.422. The molecular formula is C12H12FNO3S. The van der Waals surface area contributed by atoms with Gasteiger partial charge in [0.1, 0.15) is 5.82 Å². The molecule has 4 nitrogen and oxygen atoms in total. The minimum Gasteiger partial charge on any atom is -0.481 e. The van der Waals surface area contributed by atoms with E-state index in [-0.39, 0.29) is 22.6 Å². The molecule has 0 spiro atoms.